The van der Waals surface area contributed by atoms with E-state index in [1.54, 1.807) is 24.3 Å². The fourth-order valence-corrected chi connectivity index (χ4v) is 1.74. The van der Waals surface area contributed by atoms with Crippen molar-refractivity contribution in [2.45, 2.75) is 12.6 Å². The molecule has 0 bridgehead atoms. The third kappa shape index (κ3) is 3.34. The summed E-state index contributed by atoms with van der Waals surface area (Å²) in [6, 6.07) is 10.0. The third-order valence-electron chi connectivity index (χ3n) is 2.67. The van der Waals surface area contributed by atoms with Gasteiger partial charge in [0, 0.05) is 23.9 Å². The molecule has 0 aliphatic rings. The standard InChI is InChI=1S/C14H11F3N2O/c15-14(16,17)11-4-1-3-10(9-11)13-6-2-5-12(19-13)7-8-18-20/h1-6,8-9,20H,7H2. The summed E-state index contributed by atoms with van der Waals surface area (Å²) in [6.45, 7) is 0. The number of pyridine rings is 1. The number of halogens is 3. The zero-order valence-electron chi connectivity index (χ0n) is 10.3. The summed E-state index contributed by atoms with van der Waals surface area (Å²) in [5, 5.41) is 11.2. The Morgan fingerprint density at radius 3 is 2.60 bits per heavy atom. The van der Waals surface area contributed by atoms with Crippen molar-refractivity contribution in [3.63, 3.8) is 0 Å². The maximum atomic E-state index is 12.7. The Balaban J connectivity index is 2.36. The minimum atomic E-state index is -4.38. The first kappa shape index (κ1) is 14.0. The molecule has 1 heterocycles. The molecule has 2 rings (SSSR count). The number of alkyl halides is 3. The van der Waals surface area contributed by atoms with E-state index in [9.17, 15) is 13.2 Å². The summed E-state index contributed by atoms with van der Waals surface area (Å²) in [6.07, 6.45) is -2.81. The van der Waals surface area contributed by atoms with Gasteiger partial charge in [-0.05, 0) is 24.3 Å². The Morgan fingerprint density at radius 2 is 1.90 bits per heavy atom. The van der Waals surface area contributed by atoms with Crippen LogP contribution in [0.25, 0.3) is 11.3 Å². The molecule has 0 unspecified atom stereocenters. The Bertz CT molecular complexity index is 624. The molecule has 2 aromatic rings. The van der Waals surface area contributed by atoms with Crippen LogP contribution in [0.15, 0.2) is 47.6 Å². The fraction of sp³-hybridized carbons (Fsp3) is 0.143. The molecule has 1 N–H and O–H groups in total. The molecule has 0 saturated heterocycles. The molecule has 0 spiro atoms. The number of hydrogen-bond donors (Lipinski definition) is 1. The van der Waals surface area contributed by atoms with Gasteiger partial charge in [0.25, 0.3) is 0 Å². The van der Waals surface area contributed by atoms with Crippen LogP contribution in [0.3, 0.4) is 0 Å². The minimum Gasteiger partial charge on any atom is -0.411 e. The normalized spacial score (nSPS) is 11.9. The van der Waals surface area contributed by atoms with Gasteiger partial charge in [-0.15, -0.1) is 5.16 Å². The van der Waals surface area contributed by atoms with E-state index in [4.69, 9.17) is 5.21 Å². The lowest BCUT2D eigenvalue weighted by Gasteiger charge is -2.09. The maximum Gasteiger partial charge on any atom is 0.416 e. The van der Waals surface area contributed by atoms with Crippen LogP contribution < -0.4 is 0 Å². The second kappa shape index (κ2) is 5.73. The molecule has 1 aromatic heterocycles. The van der Waals surface area contributed by atoms with E-state index in [1.165, 1.54) is 12.3 Å². The summed E-state index contributed by atoms with van der Waals surface area (Å²) in [5.74, 6) is 0. The highest BCUT2D eigenvalue weighted by Crippen LogP contribution is 2.31. The van der Waals surface area contributed by atoms with Crippen LogP contribution in [0.2, 0.25) is 0 Å². The van der Waals surface area contributed by atoms with Crippen LogP contribution in [-0.4, -0.2) is 16.4 Å². The monoisotopic (exact) mass is 280 g/mol. The van der Waals surface area contributed by atoms with Crippen molar-refractivity contribution in [3.8, 4) is 11.3 Å². The Morgan fingerprint density at radius 1 is 1.15 bits per heavy atom. The first-order valence-corrected chi connectivity index (χ1v) is 5.80. The predicted octanol–water partition coefficient (Wildman–Crippen LogP) is 3.77. The van der Waals surface area contributed by atoms with Crippen LogP contribution >= 0.6 is 0 Å². The van der Waals surface area contributed by atoms with Crippen molar-refractivity contribution < 1.29 is 18.4 Å². The Kier molecular flexibility index (Phi) is 4.02. The lowest BCUT2D eigenvalue weighted by atomic mass is 10.1. The second-order valence-corrected chi connectivity index (χ2v) is 4.09. The van der Waals surface area contributed by atoms with Crippen molar-refractivity contribution in [2.75, 3.05) is 0 Å². The molecular formula is C14H11F3N2O. The lowest BCUT2D eigenvalue weighted by Crippen LogP contribution is -2.04. The number of rotatable bonds is 3. The van der Waals surface area contributed by atoms with Crippen molar-refractivity contribution in [1.29, 1.82) is 0 Å². The predicted molar refractivity (Wildman–Crippen MR) is 68.7 cm³/mol. The molecule has 0 aliphatic heterocycles. The quantitative estimate of drug-likeness (QED) is 0.528. The van der Waals surface area contributed by atoms with Crippen LogP contribution in [0.4, 0.5) is 13.2 Å². The molecule has 20 heavy (non-hydrogen) atoms. The van der Waals surface area contributed by atoms with Gasteiger partial charge in [0.1, 0.15) is 0 Å². The Labute approximate surface area is 113 Å². The highest BCUT2D eigenvalue weighted by molar-refractivity contribution is 5.63. The third-order valence-corrected chi connectivity index (χ3v) is 2.67. The van der Waals surface area contributed by atoms with Crippen molar-refractivity contribution in [2.24, 2.45) is 5.16 Å². The van der Waals surface area contributed by atoms with Gasteiger partial charge in [0.2, 0.25) is 0 Å². The summed E-state index contributed by atoms with van der Waals surface area (Å²) in [7, 11) is 0. The van der Waals surface area contributed by atoms with Crippen LogP contribution in [-0.2, 0) is 12.6 Å². The molecule has 0 radical (unpaired) electrons. The van der Waals surface area contributed by atoms with E-state index in [1.807, 2.05) is 0 Å². The topological polar surface area (TPSA) is 45.5 Å². The SMILES string of the molecule is ON=CCc1cccc(-c2cccc(C(F)(F)F)c2)n1. The van der Waals surface area contributed by atoms with Gasteiger partial charge in [-0.2, -0.15) is 13.2 Å². The van der Waals surface area contributed by atoms with E-state index in [2.05, 4.69) is 10.1 Å². The molecule has 3 nitrogen and oxygen atoms in total. The van der Waals surface area contributed by atoms with E-state index in [0.29, 0.717) is 23.4 Å². The van der Waals surface area contributed by atoms with E-state index < -0.39 is 11.7 Å². The average Bonchev–Trinajstić information content (AvgIpc) is 2.45. The van der Waals surface area contributed by atoms with Gasteiger partial charge in [-0.3, -0.25) is 4.98 Å². The van der Waals surface area contributed by atoms with Gasteiger partial charge in [-0.25, -0.2) is 0 Å². The summed E-state index contributed by atoms with van der Waals surface area (Å²) in [4.78, 5) is 4.23. The first-order chi connectivity index (χ1) is 9.50. The fourth-order valence-electron chi connectivity index (χ4n) is 1.74. The Hall–Kier alpha value is -2.37. The average molecular weight is 280 g/mol. The molecule has 0 saturated carbocycles. The van der Waals surface area contributed by atoms with Crippen molar-refractivity contribution >= 4 is 6.21 Å². The molecule has 0 amide bonds. The van der Waals surface area contributed by atoms with Crippen LogP contribution in [0, 0.1) is 0 Å². The summed E-state index contributed by atoms with van der Waals surface area (Å²) < 4.78 is 38.0. The van der Waals surface area contributed by atoms with Gasteiger partial charge in [0.15, 0.2) is 0 Å². The smallest absolute Gasteiger partial charge is 0.411 e. The number of benzene rings is 1. The maximum absolute atomic E-state index is 12.7. The van der Waals surface area contributed by atoms with Gasteiger partial charge in [-0.1, -0.05) is 18.2 Å². The molecule has 0 atom stereocenters. The zero-order chi connectivity index (χ0) is 14.6. The van der Waals surface area contributed by atoms with Gasteiger partial charge < -0.3 is 5.21 Å². The van der Waals surface area contributed by atoms with Crippen molar-refractivity contribution in [1.82, 2.24) is 4.98 Å². The van der Waals surface area contributed by atoms with E-state index in [0.717, 1.165) is 12.1 Å². The number of hydrogen-bond acceptors (Lipinski definition) is 3. The summed E-state index contributed by atoms with van der Waals surface area (Å²) >= 11 is 0. The largest absolute Gasteiger partial charge is 0.416 e. The molecule has 104 valence electrons. The van der Waals surface area contributed by atoms with Crippen molar-refractivity contribution in [3.05, 3.63) is 53.7 Å². The molecule has 1 aromatic carbocycles. The minimum absolute atomic E-state index is 0.309. The molecule has 0 aliphatic carbocycles. The van der Waals surface area contributed by atoms with E-state index in [-0.39, 0.29) is 0 Å². The van der Waals surface area contributed by atoms with Crippen LogP contribution in [0.5, 0.6) is 0 Å². The van der Waals surface area contributed by atoms with Gasteiger partial charge in [0.05, 0.1) is 11.3 Å². The number of oxime groups is 1. The summed E-state index contributed by atoms with van der Waals surface area (Å²) in [5.41, 5.74) is 0.736. The van der Waals surface area contributed by atoms with Gasteiger partial charge >= 0.3 is 6.18 Å². The zero-order valence-corrected chi connectivity index (χ0v) is 10.3. The molecule has 6 heteroatoms. The molecular weight excluding hydrogens is 269 g/mol. The number of aromatic nitrogens is 1. The van der Waals surface area contributed by atoms with E-state index >= 15 is 0 Å². The number of nitrogens with zero attached hydrogens (tertiary/aromatic N) is 2. The second-order valence-electron chi connectivity index (χ2n) is 4.09. The lowest BCUT2D eigenvalue weighted by molar-refractivity contribution is -0.137. The first-order valence-electron chi connectivity index (χ1n) is 5.80. The molecule has 0 fully saturated rings. The van der Waals surface area contributed by atoms with Crippen LogP contribution in [0.1, 0.15) is 11.3 Å². The highest BCUT2D eigenvalue weighted by Gasteiger charge is 2.30. The highest BCUT2D eigenvalue weighted by atomic mass is 19.4.